The van der Waals surface area contributed by atoms with Gasteiger partial charge in [-0.05, 0) is 25.0 Å². The second-order valence-corrected chi connectivity index (χ2v) is 5.57. The monoisotopic (exact) mass is 302 g/mol. The molecule has 0 N–H and O–H groups in total. The van der Waals surface area contributed by atoms with Gasteiger partial charge in [0, 0.05) is 24.4 Å². The molecule has 0 bridgehead atoms. The number of aryl methyl sites for hydroxylation is 3. The number of hydrogen-bond donors (Lipinski definition) is 0. The average molecular weight is 302 g/mol. The second-order valence-electron chi connectivity index (χ2n) is 5.57. The first kappa shape index (κ1) is 15.1. The molecule has 0 saturated carbocycles. The van der Waals surface area contributed by atoms with Crippen LogP contribution in [0.15, 0.2) is 67.0 Å². The third-order valence-electron chi connectivity index (χ3n) is 3.73. The van der Waals surface area contributed by atoms with Crippen molar-refractivity contribution in [2.45, 2.75) is 19.8 Å². The number of rotatable bonds is 5. The van der Waals surface area contributed by atoms with Crippen LogP contribution in [0.5, 0.6) is 0 Å². The Bertz CT molecular complexity index is 795. The Morgan fingerprint density at radius 1 is 0.870 bits per heavy atom. The maximum atomic E-state index is 12.4. The molecule has 0 aliphatic carbocycles. The van der Waals surface area contributed by atoms with Crippen molar-refractivity contribution in [1.29, 1.82) is 0 Å². The molecule has 1 aromatic heterocycles. The van der Waals surface area contributed by atoms with Gasteiger partial charge in [0.1, 0.15) is 5.82 Å². The van der Waals surface area contributed by atoms with Crippen molar-refractivity contribution in [1.82, 2.24) is 9.97 Å². The quantitative estimate of drug-likeness (QED) is 0.673. The minimum absolute atomic E-state index is 0.0386. The molecule has 0 saturated heterocycles. The van der Waals surface area contributed by atoms with Crippen LogP contribution >= 0.6 is 0 Å². The van der Waals surface area contributed by atoms with E-state index in [0.29, 0.717) is 11.1 Å². The fourth-order valence-electron chi connectivity index (χ4n) is 2.45. The fraction of sp³-hybridized carbons (Fsp3) is 0.150. The lowest BCUT2D eigenvalue weighted by Crippen LogP contribution is -2.05. The number of aromatic nitrogens is 2. The van der Waals surface area contributed by atoms with Crippen LogP contribution in [0.25, 0.3) is 0 Å². The van der Waals surface area contributed by atoms with E-state index in [-0.39, 0.29) is 5.78 Å². The number of nitrogens with zero attached hydrogens (tertiary/aromatic N) is 2. The maximum absolute atomic E-state index is 12.4. The SMILES string of the molecule is Cc1cccc(C(=O)c2cnc(CCc3ccccc3)nc2)c1. The molecule has 0 fully saturated rings. The van der Waals surface area contributed by atoms with Gasteiger partial charge in [-0.1, -0.05) is 54.1 Å². The minimum atomic E-state index is -0.0386. The van der Waals surface area contributed by atoms with E-state index in [9.17, 15) is 4.79 Å². The maximum Gasteiger partial charge on any atom is 0.196 e. The van der Waals surface area contributed by atoms with E-state index in [1.54, 1.807) is 12.4 Å². The molecule has 0 aliphatic heterocycles. The molecule has 3 heteroatoms. The van der Waals surface area contributed by atoms with Crippen LogP contribution in [0.4, 0.5) is 0 Å². The molecular formula is C20H18N2O. The van der Waals surface area contributed by atoms with Crippen molar-refractivity contribution in [3.05, 3.63) is 95.1 Å². The van der Waals surface area contributed by atoms with Crippen molar-refractivity contribution in [3.63, 3.8) is 0 Å². The zero-order chi connectivity index (χ0) is 16.1. The first-order valence-electron chi connectivity index (χ1n) is 7.68. The molecule has 3 aromatic rings. The van der Waals surface area contributed by atoms with Crippen LogP contribution in [-0.4, -0.2) is 15.8 Å². The summed E-state index contributed by atoms with van der Waals surface area (Å²) in [5.41, 5.74) is 3.52. The second kappa shape index (κ2) is 6.97. The highest BCUT2D eigenvalue weighted by Crippen LogP contribution is 2.11. The van der Waals surface area contributed by atoms with Crippen LogP contribution in [0.1, 0.15) is 32.9 Å². The van der Waals surface area contributed by atoms with Gasteiger partial charge < -0.3 is 0 Å². The van der Waals surface area contributed by atoms with E-state index >= 15 is 0 Å². The van der Waals surface area contributed by atoms with Crippen molar-refractivity contribution < 1.29 is 4.79 Å². The molecule has 1 heterocycles. The van der Waals surface area contributed by atoms with Crippen LogP contribution in [0.2, 0.25) is 0 Å². The Hall–Kier alpha value is -2.81. The zero-order valence-electron chi connectivity index (χ0n) is 13.1. The lowest BCUT2D eigenvalue weighted by molar-refractivity contribution is 0.103. The van der Waals surface area contributed by atoms with Gasteiger partial charge in [-0.3, -0.25) is 4.79 Å². The summed E-state index contributed by atoms with van der Waals surface area (Å²) >= 11 is 0. The lowest BCUT2D eigenvalue weighted by atomic mass is 10.0. The number of carbonyl (C=O) groups is 1. The Labute approximate surface area is 136 Å². The summed E-state index contributed by atoms with van der Waals surface area (Å²) in [5, 5.41) is 0. The summed E-state index contributed by atoms with van der Waals surface area (Å²) in [6.07, 6.45) is 4.91. The molecule has 3 nitrogen and oxygen atoms in total. The van der Waals surface area contributed by atoms with E-state index in [2.05, 4.69) is 22.1 Å². The highest BCUT2D eigenvalue weighted by atomic mass is 16.1. The van der Waals surface area contributed by atoms with E-state index < -0.39 is 0 Å². The van der Waals surface area contributed by atoms with Gasteiger partial charge in [-0.25, -0.2) is 9.97 Å². The molecule has 0 spiro atoms. The third-order valence-corrected chi connectivity index (χ3v) is 3.73. The van der Waals surface area contributed by atoms with E-state index in [1.165, 1.54) is 5.56 Å². The summed E-state index contributed by atoms with van der Waals surface area (Å²) in [4.78, 5) is 21.1. The Kier molecular flexibility index (Phi) is 4.57. The fourth-order valence-corrected chi connectivity index (χ4v) is 2.45. The van der Waals surface area contributed by atoms with Gasteiger partial charge in [-0.15, -0.1) is 0 Å². The predicted octanol–water partition coefficient (Wildman–Crippen LogP) is 3.80. The number of hydrogen-bond acceptors (Lipinski definition) is 3. The third kappa shape index (κ3) is 3.89. The van der Waals surface area contributed by atoms with Crippen molar-refractivity contribution in [2.75, 3.05) is 0 Å². The molecule has 0 aliphatic rings. The Morgan fingerprint density at radius 3 is 2.30 bits per heavy atom. The number of carbonyl (C=O) groups excluding carboxylic acids is 1. The first-order chi connectivity index (χ1) is 11.2. The van der Waals surface area contributed by atoms with Gasteiger partial charge in [0.25, 0.3) is 0 Å². The zero-order valence-corrected chi connectivity index (χ0v) is 13.1. The summed E-state index contributed by atoms with van der Waals surface area (Å²) in [5.74, 6) is 0.720. The van der Waals surface area contributed by atoms with E-state index in [4.69, 9.17) is 0 Å². The Morgan fingerprint density at radius 2 is 1.61 bits per heavy atom. The van der Waals surface area contributed by atoms with Crippen molar-refractivity contribution >= 4 is 5.78 Å². The molecule has 114 valence electrons. The summed E-state index contributed by atoms with van der Waals surface area (Å²) < 4.78 is 0. The highest BCUT2D eigenvalue weighted by molar-refractivity contribution is 6.08. The molecule has 0 unspecified atom stereocenters. The normalized spacial score (nSPS) is 10.5. The molecule has 23 heavy (non-hydrogen) atoms. The van der Waals surface area contributed by atoms with Crippen LogP contribution in [-0.2, 0) is 12.8 Å². The molecule has 0 amide bonds. The van der Waals surface area contributed by atoms with Gasteiger partial charge >= 0.3 is 0 Å². The highest BCUT2D eigenvalue weighted by Gasteiger charge is 2.10. The van der Waals surface area contributed by atoms with Gasteiger partial charge in [0.05, 0.1) is 5.56 Å². The van der Waals surface area contributed by atoms with Gasteiger partial charge in [0.15, 0.2) is 5.78 Å². The molecule has 0 atom stereocenters. The molecule has 2 aromatic carbocycles. The van der Waals surface area contributed by atoms with E-state index in [1.807, 2.05) is 49.4 Å². The first-order valence-corrected chi connectivity index (χ1v) is 7.68. The smallest absolute Gasteiger partial charge is 0.196 e. The standard InChI is InChI=1S/C20H18N2O/c1-15-6-5-9-17(12-15)20(23)18-13-21-19(22-14-18)11-10-16-7-3-2-4-8-16/h2-9,12-14H,10-11H2,1H3. The lowest BCUT2D eigenvalue weighted by Gasteiger charge is -2.04. The minimum Gasteiger partial charge on any atom is -0.288 e. The largest absolute Gasteiger partial charge is 0.288 e. The summed E-state index contributed by atoms with van der Waals surface area (Å²) in [6.45, 7) is 1.97. The molecular weight excluding hydrogens is 284 g/mol. The average Bonchev–Trinajstić information content (AvgIpc) is 2.61. The Balaban J connectivity index is 1.68. The van der Waals surface area contributed by atoms with Crippen LogP contribution < -0.4 is 0 Å². The van der Waals surface area contributed by atoms with E-state index in [0.717, 1.165) is 24.2 Å². The van der Waals surface area contributed by atoms with Gasteiger partial charge in [-0.2, -0.15) is 0 Å². The predicted molar refractivity (Wildman–Crippen MR) is 90.5 cm³/mol. The summed E-state index contributed by atoms with van der Waals surface area (Å²) in [6, 6.07) is 17.8. The summed E-state index contributed by atoms with van der Waals surface area (Å²) in [7, 11) is 0. The van der Waals surface area contributed by atoms with Crippen molar-refractivity contribution in [2.24, 2.45) is 0 Å². The number of ketones is 1. The van der Waals surface area contributed by atoms with Crippen LogP contribution in [0, 0.1) is 6.92 Å². The number of benzene rings is 2. The topological polar surface area (TPSA) is 42.9 Å². The van der Waals surface area contributed by atoms with Gasteiger partial charge in [0.2, 0.25) is 0 Å². The molecule has 3 rings (SSSR count). The van der Waals surface area contributed by atoms with Crippen LogP contribution in [0.3, 0.4) is 0 Å². The van der Waals surface area contributed by atoms with Crippen molar-refractivity contribution in [3.8, 4) is 0 Å². The molecule has 0 radical (unpaired) electrons.